The summed E-state index contributed by atoms with van der Waals surface area (Å²) in [4.78, 5) is 23.8. The molecule has 0 bridgehead atoms. The number of anilines is 2. The minimum absolute atomic E-state index is 0.0306. The van der Waals surface area contributed by atoms with E-state index in [0.717, 1.165) is 37.9 Å². The number of amides is 1. The Morgan fingerprint density at radius 2 is 2.00 bits per heavy atom. The summed E-state index contributed by atoms with van der Waals surface area (Å²) in [6.07, 6.45) is 10.0. The molecule has 0 radical (unpaired) electrons. The van der Waals surface area contributed by atoms with Crippen LogP contribution in [0.4, 0.5) is 16.0 Å². The van der Waals surface area contributed by atoms with Crippen molar-refractivity contribution in [3.63, 3.8) is 0 Å². The molecular formula is C24H27FN6O. The van der Waals surface area contributed by atoms with Gasteiger partial charge < -0.3 is 10.2 Å². The molecule has 0 aromatic carbocycles. The summed E-state index contributed by atoms with van der Waals surface area (Å²) in [5.74, 6) is 0.919. The zero-order valence-corrected chi connectivity index (χ0v) is 18.0. The van der Waals surface area contributed by atoms with E-state index >= 15 is 0 Å². The molecule has 1 aliphatic carbocycles. The summed E-state index contributed by atoms with van der Waals surface area (Å²) in [5.41, 5.74) is 3.50. The van der Waals surface area contributed by atoms with E-state index in [1.165, 1.54) is 36.4 Å². The lowest BCUT2D eigenvalue weighted by atomic mass is 9.98. The van der Waals surface area contributed by atoms with E-state index in [4.69, 9.17) is 4.98 Å². The van der Waals surface area contributed by atoms with Gasteiger partial charge in [-0.25, -0.2) is 14.4 Å². The van der Waals surface area contributed by atoms with Crippen LogP contribution in [0.5, 0.6) is 0 Å². The molecule has 3 aromatic heterocycles. The fraction of sp³-hybridized carbons (Fsp3) is 0.417. The van der Waals surface area contributed by atoms with E-state index in [2.05, 4.69) is 15.4 Å². The number of fused-ring (bicyclic) bond motifs is 1. The van der Waals surface area contributed by atoms with E-state index < -0.39 is 0 Å². The number of nitrogens with zero attached hydrogens (tertiary/aromatic N) is 5. The zero-order valence-electron chi connectivity index (χ0n) is 18.0. The number of hydrogen-bond donors (Lipinski definition) is 1. The van der Waals surface area contributed by atoms with Crippen LogP contribution in [0.1, 0.15) is 55.1 Å². The van der Waals surface area contributed by atoms with Gasteiger partial charge in [0, 0.05) is 25.2 Å². The van der Waals surface area contributed by atoms with E-state index in [1.54, 1.807) is 6.07 Å². The molecule has 0 saturated carbocycles. The summed E-state index contributed by atoms with van der Waals surface area (Å²) in [6, 6.07) is 8.62. The number of nitrogens with one attached hydrogen (secondary N) is 1. The molecule has 3 aromatic rings. The van der Waals surface area contributed by atoms with Crippen LogP contribution < -0.4 is 5.32 Å². The predicted octanol–water partition coefficient (Wildman–Crippen LogP) is 4.19. The van der Waals surface area contributed by atoms with Crippen LogP contribution in [0, 0.1) is 5.82 Å². The molecule has 0 unspecified atom stereocenters. The smallest absolute Gasteiger partial charge is 0.224 e. The highest BCUT2D eigenvalue weighted by molar-refractivity contribution is 5.77. The van der Waals surface area contributed by atoms with Gasteiger partial charge in [-0.3, -0.25) is 9.48 Å². The van der Waals surface area contributed by atoms with Crippen molar-refractivity contribution < 1.29 is 9.18 Å². The fourth-order valence-electron chi connectivity index (χ4n) is 4.75. The zero-order chi connectivity index (χ0) is 21.9. The van der Waals surface area contributed by atoms with E-state index in [1.807, 2.05) is 34.0 Å². The molecule has 2 aliphatic rings. The van der Waals surface area contributed by atoms with E-state index in [-0.39, 0.29) is 17.8 Å². The number of hydrogen-bond acceptors (Lipinski definition) is 5. The topological polar surface area (TPSA) is 75.9 Å². The van der Waals surface area contributed by atoms with Crippen LogP contribution in [0.3, 0.4) is 0 Å². The Bertz CT molecular complexity index is 1100. The largest absolute Gasteiger partial charge is 0.334 e. The van der Waals surface area contributed by atoms with Crippen molar-refractivity contribution in [2.45, 2.75) is 57.5 Å². The summed E-state index contributed by atoms with van der Waals surface area (Å²) < 4.78 is 15.1. The van der Waals surface area contributed by atoms with Gasteiger partial charge in [0.2, 0.25) is 5.91 Å². The van der Waals surface area contributed by atoms with Crippen LogP contribution in [-0.4, -0.2) is 37.1 Å². The van der Waals surface area contributed by atoms with Gasteiger partial charge in [0.25, 0.3) is 0 Å². The monoisotopic (exact) mass is 434 g/mol. The van der Waals surface area contributed by atoms with Crippen molar-refractivity contribution >= 4 is 17.5 Å². The lowest BCUT2D eigenvalue weighted by Crippen LogP contribution is -2.32. The maximum Gasteiger partial charge on any atom is 0.224 e. The van der Waals surface area contributed by atoms with Crippen molar-refractivity contribution in [3.8, 4) is 0 Å². The quantitative estimate of drug-likeness (QED) is 0.630. The summed E-state index contributed by atoms with van der Waals surface area (Å²) in [6.45, 7) is 1.38. The number of carbonyl (C=O) groups is 1. The molecule has 7 nitrogen and oxygen atoms in total. The average molecular weight is 435 g/mol. The molecule has 4 heterocycles. The highest BCUT2D eigenvalue weighted by Gasteiger charge is 2.31. The number of likely N-dealkylation sites (tertiary alicyclic amines) is 1. The van der Waals surface area contributed by atoms with Gasteiger partial charge in [-0.1, -0.05) is 6.07 Å². The second-order valence-corrected chi connectivity index (χ2v) is 8.48. The molecule has 1 amide bonds. The van der Waals surface area contributed by atoms with Crippen molar-refractivity contribution in [1.29, 1.82) is 0 Å². The van der Waals surface area contributed by atoms with Crippen molar-refractivity contribution in [1.82, 2.24) is 24.6 Å². The minimum atomic E-state index is -0.381. The predicted molar refractivity (Wildman–Crippen MR) is 119 cm³/mol. The number of carbonyl (C=O) groups excluding carboxylic acids is 1. The highest BCUT2D eigenvalue weighted by atomic mass is 19.1. The Labute approximate surface area is 186 Å². The molecule has 0 spiro atoms. The van der Waals surface area contributed by atoms with Gasteiger partial charge in [-0.15, -0.1) is 0 Å². The maximum absolute atomic E-state index is 13.1. The molecule has 1 aliphatic heterocycles. The number of pyridine rings is 2. The van der Waals surface area contributed by atoms with Crippen LogP contribution in [-0.2, 0) is 24.2 Å². The minimum Gasteiger partial charge on any atom is -0.334 e. The number of aromatic nitrogens is 4. The Hall–Kier alpha value is -3.29. The molecule has 8 heteroatoms. The normalized spacial score (nSPS) is 17.9. The Morgan fingerprint density at radius 3 is 2.88 bits per heavy atom. The lowest BCUT2D eigenvalue weighted by molar-refractivity contribution is -0.132. The molecule has 32 heavy (non-hydrogen) atoms. The molecule has 1 fully saturated rings. The average Bonchev–Trinajstić information content (AvgIpc) is 3.47. The van der Waals surface area contributed by atoms with E-state index in [0.29, 0.717) is 24.6 Å². The van der Waals surface area contributed by atoms with Crippen LogP contribution >= 0.6 is 0 Å². The van der Waals surface area contributed by atoms with Crippen LogP contribution in [0.2, 0.25) is 0 Å². The third-order valence-corrected chi connectivity index (χ3v) is 6.35. The number of aryl methyl sites for hydroxylation is 2. The molecular weight excluding hydrogens is 407 g/mol. The first-order valence-corrected chi connectivity index (χ1v) is 11.4. The second kappa shape index (κ2) is 9.06. The van der Waals surface area contributed by atoms with Crippen LogP contribution in [0.25, 0.3) is 0 Å². The summed E-state index contributed by atoms with van der Waals surface area (Å²) >= 11 is 0. The first-order chi connectivity index (χ1) is 15.7. The van der Waals surface area contributed by atoms with Crippen molar-refractivity contribution in [3.05, 3.63) is 65.5 Å². The SMILES string of the molecule is O=C(CCn1ncc2c1CCCC2)N1CCC[C@H]1c1cccc(Nc2ccc(F)cn2)n1. The lowest BCUT2D eigenvalue weighted by Gasteiger charge is -2.25. The summed E-state index contributed by atoms with van der Waals surface area (Å²) in [5, 5.41) is 7.63. The standard InChI is InChI=1S/C24H27FN6O/c25-18-10-11-22(26-16-18)29-23-9-3-6-19(28-23)21-8-4-13-30(21)24(32)12-14-31-20-7-2-1-5-17(20)15-27-31/h3,6,9-11,15-16,21H,1-2,4-5,7-8,12-14H2,(H,26,28,29)/t21-/m0/s1. The first kappa shape index (κ1) is 20.6. The van der Waals surface area contributed by atoms with Gasteiger partial charge in [0.15, 0.2) is 0 Å². The van der Waals surface area contributed by atoms with Gasteiger partial charge in [-0.2, -0.15) is 5.10 Å². The van der Waals surface area contributed by atoms with Crippen molar-refractivity contribution in [2.24, 2.45) is 0 Å². The Balaban J connectivity index is 1.25. The number of rotatable bonds is 6. The van der Waals surface area contributed by atoms with Crippen LogP contribution in [0.15, 0.2) is 42.7 Å². The number of halogens is 1. The fourth-order valence-corrected chi connectivity index (χ4v) is 4.75. The first-order valence-electron chi connectivity index (χ1n) is 11.4. The third-order valence-electron chi connectivity index (χ3n) is 6.35. The molecule has 1 saturated heterocycles. The molecule has 1 N–H and O–H groups in total. The Kier molecular flexibility index (Phi) is 5.83. The van der Waals surface area contributed by atoms with Gasteiger partial charge in [0.1, 0.15) is 17.5 Å². The maximum atomic E-state index is 13.1. The Morgan fingerprint density at radius 1 is 1.09 bits per heavy atom. The second-order valence-electron chi connectivity index (χ2n) is 8.48. The molecule has 5 rings (SSSR count). The van der Waals surface area contributed by atoms with Crippen molar-refractivity contribution in [2.75, 3.05) is 11.9 Å². The van der Waals surface area contributed by atoms with Gasteiger partial charge >= 0.3 is 0 Å². The van der Waals surface area contributed by atoms with Gasteiger partial charge in [-0.05, 0) is 68.4 Å². The van der Waals surface area contributed by atoms with Gasteiger partial charge in [0.05, 0.1) is 24.1 Å². The van der Waals surface area contributed by atoms with E-state index in [9.17, 15) is 9.18 Å². The molecule has 1 atom stereocenters. The molecule has 166 valence electrons. The highest BCUT2D eigenvalue weighted by Crippen LogP contribution is 2.32. The summed E-state index contributed by atoms with van der Waals surface area (Å²) in [7, 11) is 0. The third kappa shape index (κ3) is 4.35.